The molecular formula is C12H26OSi. The molecule has 0 fully saturated rings. The van der Waals surface area contributed by atoms with E-state index in [1.165, 1.54) is 12.8 Å². The first-order chi connectivity index (χ1) is 6.58. The number of carbonyl (C=O) groups excluding carboxylic acids is 1. The highest BCUT2D eigenvalue weighted by Gasteiger charge is 2.37. The maximum Gasteiger partial charge on any atom is 0.107 e. The summed E-state index contributed by atoms with van der Waals surface area (Å²) in [6, 6.07) is 0. The van der Waals surface area contributed by atoms with Gasteiger partial charge in [0.15, 0.2) is 0 Å². The Bertz CT molecular complexity index is 173. The minimum Gasteiger partial charge on any atom is -0.306 e. The Morgan fingerprint density at radius 1 is 1.21 bits per heavy atom. The molecule has 0 aromatic heterocycles. The van der Waals surface area contributed by atoms with E-state index in [1.54, 1.807) is 0 Å². The predicted octanol–water partition coefficient (Wildman–Crippen LogP) is 2.51. The molecule has 0 saturated heterocycles. The van der Waals surface area contributed by atoms with Crippen molar-refractivity contribution in [2.45, 2.75) is 59.8 Å². The number of rotatable bonds is 7. The van der Waals surface area contributed by atoms with Crippen molar-refractivity contribution in [3.05, 3.63) is 0 Å². The van der Waals surface area contributed by atoms with Crippen molar-refractivity contribution in [2.24, 2.45) is 11.3 Å². The first-order valence-electron chi connectivity index (χ1n) is 6.09. The largest absolute Gasteiger partial charge is 0.306 e. The van der Waals surface area contributed by atoms with Crippen LogP contribution in [0.25, 0.3) is 0 Å². The lowest BCUT2D eigenvalue weighted by Gasteiger charge is -2.37. The molecule has 1 unspecified atom stereocenters. The van der Waals surface area contributed by atoms with Gasteiger partial charge in [-0.15, -0.1) is 0 Å². The van der Waals surface area contributed by atoms with Crippen LogP contribution in [0.5, 0.6) is 0 Å². The topological polar surface area (TPSA) is 17.1 Å². The molecule has 0 radical (unpaired) electrons. The van der Waals surface area contributed by atoms with Crippen LogP contribution in [0.1, 0.15) is 59.8 Å². The van der Waals surface area contributed by atoms with Crippen molar-refractivity contribution in [3.8, 4) is 0 Å². The second-order valence-corrected chi connectivity index (χ2v) is 5.22. The summed E-state index contributed by atoms with van der Waals surface area (Å²) in [5.41, 5.74) is 0.0248. The molecule has 1 nitrogen and oxygen atoms in total. The Labute approximate surface area is 92.1 Å². The summed E-state index contributed by atoms with van der Waals surface area (Å²) >= 11 is 0. The van der Waals surface area contributed by atoms with Gasteiger partial charge in [-0.1, -0.05) is 40.5 Å². The molecule has 0 aliphatic rings. The molecule has 0 heterocycles. The second kappa shape index (κ2) is 6.39. The molecule has 0 spiro atoms. The lowest BCUT2D eigenvalue weighted by atomic mass is 9.69. The smallest absolute Gasteiger partial charge is 0.107 e. The first-order valence-corrected chi connectivity index (χ1v) is 7.09. The Morgan fingerprint density at radius 2 is 1.71 bits per heavy atom. The highest BCUT2D eigenvalue weighted by molar-refractivity contribution is 6.59. The highest BCUT2D eigenvalue weighted by atomic mass is 28.1. The molecule has 1 atom stereocenters. The maximum atomic E-state index is 11.9. The third kappa shape index (κ3) is 2.69. The van der Waals surface area contributed by atoms with Crippen molar-refractivity contribution in [1.82, 2.24) is 0 Å². The van der Waals surface area contributed by atoms with Gasteiger partial charge < -0.3 is 4.79 Å². The summed E-state index contributed by atoms with van der Waals surface area (Å²) in [6.45, 7) is 8.80. The van der Waals surface area contributed by atoms with Gasteiger partial charge in [-0.05, 0) is 25.2 Å². The highest BCUT2D eigenvalue weighted by Crippen LogP contribution is 2.40. The lowest BCUT2D eigenvalue weighted by molar-refractivity contribution is -0.124. The molecule has 0 rings (SSSR count). The Hall–Kier alpha value is -0.113. The maximum absolute atomic E-state index is 11.9. The van der Waals surface area contributed by atoms with Crippen LogP contribution in [0, 0.1) is 11.3 Å². The Kier molecular flexibility index (Phi) is 6.33. The van der Waals surface area contributed by atoms with E-state index in [-0.39, 0.29) is 5.41 Å². The van der Waals surface area contributed by atoms with Crippen LogP contribution in [0.3, 0.4) is 0 Å². The fraction of sp³-hybridized carbons (Fsp3) is 0.917. The van der Waals surface area contributed by atoms with E-state index in [2.05, 4.69) is 27.7 Å². The van der Waals surface area contributed by atoms with Gasteiger partial charge in [0, 0.05) is 5.41 Å². The zero-order chi connectivity index (χ0) is 11.2. The van der Waals surface area contributed by atoms with E-state index in [9.17, 15) is 4.79 Å². The van der Waals surface area contributed by atoms with Crippen molar-refractivity contribution in [2.75, 3.05) is 0 Å². The van der Waals surface area contributed by atoms with Crippen LogP contribution in [0.15, 0.2) is 0 Å². The van der Waals surface area contributed by atoms with Gasteiger partial charge in [-0.2, -0.15) is 0 Å². The van der Waals surface area contributed by atoms with E-state index >= 15 is 0 Å². The van der Waals surface area contributed by atoms with Gasteiger partial charge in [0.2, 0.25) is 0 Å². The molecule has 2 heteroatoms. The zero-order valence-corrected chi connectivity index (χ0v) is 12.5. The quantitative estimate of drug-likeness (QED) is 0.595. The normalized spacial score (nSPS) is 14.3. The number of hydrogen-bond donors (Lipinski definition) is 0. The molecule has 84 valence electrons. The monoisotopic (exact) mass is 214 g/mol. The van der Waals surface area contributed by atoms with Gasteiger partial charge in [0.25, 0.3) is 0 Å². The summed E-state index contributed by atoms with van der Waals surface area (Å²) in [4.78, 5) is 11.9. The molecule has 0 aliphatic heterocycles. The SMILES string of the molecule is CCCC(CC)C(CC)(CC)C(=O)[SiH3]. The van der Waals surface area contributed by atoms with Gasteiger partial charge in [-0.3, -0.25) is 0 Å². The predicted molar refractivity (Wildman–Crippen MR) is 66.7 cm³/mol. The van der Waals surface area contributed by atoms with Gasteiger partial charge >= 0.3 is 0 Å². The molecule has 0 saturated carbocycles. The second-order valence-electron chi connectivity index (χ2n) is 4.31. The average Bonchev–Trinajstić information content (AvgIpc) is 2.18. The summed E-state index contributed by atoms with van der Waals surface area (Å²) in [5.74, 6) is 0.618. The number of carbonyl (C=O) groups is 1. The van der Waals surface area contributed by atoms with E-state index in [0.29, 0.717) is 21.6 Å². The Morgan fingerprint density at radius 3 is 1.93 bits per heavy atom. The average molecular weight is 214 g/mol. The van der Waals surface area contributed by atoms with Crippen molar-refractivity contribution in [1.29, 1.82) is 0 Å². The van der Waals surface area contributed by atoms with E-state index < -0.39 is 0 Å². The molecule has 0 N–H and O–H groups in total. The van der Waals surface area contributed by atoms with Crippen LogP contribution in [-0.4, -0.2) is 15.6 Å². The minimum atomic E-state index is 0.0248. The molecule has 0 bridgehead atoms. The van der Waals surface area contributed by atoms with Gasteiger partial charge in [0.05, 0.1) is 10.2 Å². The first kappa shape index (κ1) is 13.9. The third-order valence-electron chi connectivity index (χ3n) is 3.87. The van der Waals surface area contributed by atoms with Crippen molar-refractivity contribution < 1.29 is 4.79 Å². The zero-order valence-electron chi connectivity index (χ0n) is 10.5. The standard InChI is InChI=1S/C12H26OSi/c1-5-9-10(6-2)12(7-3,8-4)11(13)14/h10H,5-9H2,1-4,14H3. The molecule has 0 aromatic carbocycles. The fourth-order valence-corrected chi connectivity index (χ4v) is 3.95. The summed E-state index contributed by atoms with van der Waals surface area (Å²) < 4.78 is 0. The van der Waals surface area contributed by atoms with Gasteiger partial charge in [0.1, 0.15) is 5.41 Å². The van der Waals surface area contributed by atoms with Crippen LogP contribution < -0.4 is 0 Å². The fourth-order valence-electron chi connectivity index (χ4n) is 2.83. The van der Waals surface area contributed by atoms with E-state index in [1.807, 2.05) is 0 Å². The lowest BCUT2D eigenvalue weighted by Crippen LogP contribution is -2.37. The van der Waals surface area contributed by atoms with Crippen LogP contribution in [-0.2, 0) is 4.79 Å². The number of hydrogen-bond acceptors (Lipinski definition) is 1. The summed E-state index contributed by atoms with van der Waals surface area (Å²) in [5, 5.41) is 0.530. The summed E-state index contributed by atoms with van der Waals surface area (Å²) in [6.07, 6.45) is 5.64. The molecule has 0 amide bonds. The van der Waals surface area contributed by atoms with Crippen molar-refractivity contribution in [3.63, 3.8) is 0 Å². The van der Waals surface area contributed by atoms with Crippen LogP contribution in [0.2, 0.25) is 0 Å². The minimum absolute atomic E-state index is 0.0248. The molecular weight excluding hydrogens is 188 g/mol. The molecule has 0 aromatic rings. The van der Waals surface area contributed by atoms with Gasteiger partial charge in [-0.25, -0.2) is 0 Å². The van der Waals surface area contributed by atoms with Crippen molar-refractivity contribution >= 4 is 15.6 Å². The third-order valence-corrected chi connectivity index (χ3v) is 4.87. The van der Waals surface area contributed by atoms with E-state index in [0.717, 1.165) is 19.3 Å². The Balaban J connectivity index is 4.82. The molecule has 0 aliphatic carbocycles. The van der Waals surface area contributed by atoms with Crippen LogP contribution in [0.4, 0.5) is 0 Å². The van der Waals surface area contributed by atoms with E-state index in [4.69, 9.17) is 0 Å². The molecule has 14 heavy (non-hydrogen) atoms. The van der Waals surface area contributed by atoms with Crippen LogP contribution >= 0.6 is 0 Å². The summed E-state index contributed by atoms with van der Waals surface area (Å²) in [7, 11) is 0.716.